The second kappa shape index (κ2) is 3.55. The Balaban J connectivity index is 4.19. The lowest BCUT2D eigenvalue weighted by Gasteiger charge is -2.23. The number of carbonyl (C=O) groups is 1. The van der Waals surface area contributed by atoms with Crippen LogP contribution in [-0.2, 0) is 4.79 Å². The van der Waals surface area contributed by atoms with Crippen LogP contribution in [0.25, 0.3) is 0 Å². The summed E-state index contributed by atoms with van der Waals surface area (Å²) in [6, 6.07) is 0. The quantitative estimate of drug-likeness (QED) is 0.543. The van der Waals surface area contributed by atoms with Gasteiger partial charge >= 0.3 is 0 Å². The van der Waals surface area contributed by atoms with Crippen molar-refractivity contribution in [1.82, 2.24) is 4.90 Å². The Bertz CT molecular complexity index is 132. The van der Waals surface area contributed by atoms with E-state index in [0.29, 0.717) is 0 Å². The summed E-state index contributed by atoms with van der Waals surface area (Å²) in [6.45, 7) is 3.98. The SMILES string of the molecule is CCC(C)(I)C(=O)N(C)C. The monoisotopic (exact) mass is 255 g/mol. The van der Waals surface area contributed by atoms with E-state index < -0.39 is 0 Å². The highest BCUT2D eigenvalue weighted by Gasteiger charge is 2.28. The van der Waals surface area contributed by atoms with Crippen LogP contribution in [0.5, 0.6) is 0 Å². The van der Waals surface area contributed by atoms with Crippen molar-refractivity contribution in [1.29, 1.82) is 0 Å². The van der Waals surface area contributed by atoms with E-state index in [1.54, 1.807) is 19.0 Å². The summed E-state index contributed by atoms with van der Waals surface area (Å²) in [5.74, 6) is 0.190. The van der Waals surface area contributed by atoms with Crippen LogP contribution >= 0.6 is 22.6 Å². The molecule has 2 nitrogen and oxygen atoms in total. The average molecular weight is 255 g/mol. The van der Waals surface area contributed by atoms with Crippen molar-refractivity contribution < 1.29 is 4.79 Å². The molecule has 0 rings (SSSR count). The first-order chi connectivity index (χ1) is 4.41. The van der Waals surface area contributed by atoms with Crippen molar-refractivity contribution in [3.8, 4) is 0 Å². The van der Waals surface area contributed by atoms with Gasteiger partial charge in [0, 0.05) is 14.1 Å². The first-order valence-corrected chi connectivity index (χ1v) is 4.40. The van der Waals surface area contributed by atoms with Crippen LogP contribution in [0.2, 0.25) is 0 Å². The van der Waals surface area contributed by atoms with Gasteiger partial charge in [0.15, 0.2) is 0 Å². The molecule has 0 aromatic carbocycles. The van der Waals surface area contributed by atoms with Crippen LogP contribution < -0.4 is 0 Å². The van der Waals surface area contributed by atoms with E-state index >= 15 is 0 Å². The lowest BCUT2D eigenvalue weighted by atomic mass is 10.1. The minimum atomic E-state index is -0.221. The minimum Gasteiger partial charge on any atom is -0.348 e. The van der Waals surface area contributed by atoms with Gasteiger partial charge in [0.05, 0.1) is 3.42 Å². The standard InChI is InChI=1S/C7H14INO/c1-5-7(2,8)6(10)9(3)4/h5H2,1-4H3. The summed E-state index contributed by atoms with van der Waals surface area (Å²) in [6.07, 6.45) is 0.880. The van der Waals surface area contributed by atoms with Crippen LogP contribution in [0, 0.1) is 0 Å². The molecule has 1 amide bonds. The van der Waals surface area contributed by atoms with E-state index in [-0.39, 0.29) is 9.33 Å². The lowest BCUT2D eigenvalue weighted by molar-refractivity contribution is -0.130. The molecule has 0 saturated heterocycles. The molecule has 0 fully saturated rings. The number of hydrogen-bond donors (Lipinski definition) is 0. The summed E-state index contributed by atoms with van der Waals surface area (Å²) in [5, 5.41) is 0. The molecule has 0 spiro atoms. The molecule has 1 unspecified atom stereocenters. The Kier molecular flexibility index (Phi) is 3.62. The first kappa shape index (κ1) is 10.2. The summed E-state index contributed by atoms with van der Waals surface area (Å²) in [7, 11) is 3.57. The fourth-order valence-electron chi connectivity index (χ4n) is 0.617. The van der Waals surface area contributed by atoms with Crippen molar-refractivity contribution in [2.75, 3.05) is 14.1 Å². The molecule has 0 heterocycles. The third-order valence-corrected chi connectivity index (χ3v) is 2.74. The first-order valence-electron chi connectivity index (χ1n) is 3.32. The Hall–Kier alpha value is 0.200. The fourth-order valence-corrected chi connectivity index (χ4v) is 1.10. The second-order valence-electron chi connectivity index (χ2n) is 2.75. The van der Waals surface area contributed by atoms with E-state index in [0.717, 1.165) is 6.42 Å². The van der Waals surface area contributed by atoms with E-state index in [1.807, 2.05) is 13.8 Å². The van der Waals surface area contributed by atoms with Gasteiger partial charge < -0.3 is 4.90 Å². The number of rotatable bonds is 2. The van der Waals surface area contributed by atoms with Gasteiger partial charge in [-0.05, 0) is 13.3 Å². The number of hydrogen-bond acceptors (Lipinski definition) is 1. The summed E-state index contributed by atoms with van der Waals surface area (Å²) in [4.78, 5) is 12.9. The number of carbonyl (C=O) groups excluding carboxylic acids is 1. The van der Waals surface area contributed by atoms with Crippen molar-refractivity contribution in [2.45, 2.75) is 23.7 Å². The van der Waals surface area contributed by atoms with Crippen molar-refractivity contribution in [3.63, 3.8) is 0 Å². The molecule has 0 aromatic rings. The maximum absolute atomic E-state index is 11.3. The van der Waals surface area contributed by atoms with Gasteiger partial charge in [0.2, 0.25) is 5.91 Å². The fraction of sp³-hybridized carbons (Fsp3) is 0.857. The summed E-state index contributed by atoms with van der Waals surface area (Å²) < 4.78 is -0.221. The molecule has 0 aliphatic rings. The molecule has 0 saturated carbocycles. The van der Waals surface area contributed by atoms with Gasteiger partial charge in [0.1, 0.15) is 0 Å². The minimum absolute atomic E-state index is 0.190. The smallest absolute Gasteiger partial charge is 0.237 e. The Morgan fingerprint density at radius 2 is 2.00 bits per heavy atom. The zero-order chi connectivity index (χ0) is 8.36. The highest BCUT2D eigenvalue weighted by molar-refractivity contribution is 14.1. The molecule has 0 aromatic heterocycles. The lowest BCUT2D eigenvalue weighted by Crippen LogP contribution is -2.38. The molecule has 60 valence electrons. The van der Waals surface area contributed by atoms with Crippen LogP contribution in [0.3, 0.4) is 0 Å². The van der Waals surface area contributed by atoms with E-state index in [2.05, 4.69) is 22.6 Å². The van der Waals surface area contributed by atoms with Crippen molar-refractivity contribution in [2.24, 2.45) is 0 Å². The van der Waals surface area contributed by atoms with Crippen molar-refractivity contribution >= 4 is 28.5 Å². The number of amides is 1. The highest BCUT2D eigenvalue weighted by atomic mass is 127. The molecular formula is C7H14INO. The van der Waals surface area contributed by atoms with Crippen LogP contribution in [0.15, 0.2) is 0 Å². The maximum atomic E-state index is 11.3. The van der Waals surface area contributed by atoms with Gasteiger partial charge in [-0.3, -0.25) is 4.79 Å². The third-order valence-electron chi connectivity index (χ3n) is 1.52. The van der Waals surface area contributed by atoms with Gasteiger partial charge in [-0.1, -0.05) is 29.5 Å². The molecule has 10 heavy (non-hydrogen) atoms. The molecule has 1 atom stereocenters. The van der Waals surface area contributed by atoms with Crippen molar-refractivity contribution in [3.05, 3.63) is 0 Å². The zero-order valence-electron chi connectivity index (χ0n) is 6.94. The van der Waals surface area contributed by atoms with Crippen LogP contribution in [-0.4, -0.2) is 28.3 Å². The Morgan fingerprint density at radius 3 is 2.10 bits per heavy atom. The van der Waals surface area contributed by atoms with Gasteiger partial charge in [-0.2, -0.15) is 0 Å². The third kappa shape index (κ3) is 2.44. The number of halogens is 1. The molecule has 0 aliphatic heterocycles. The van der Waals surface area contributed by atoms with Crippen LogP contribution in [0.1, 0.15) is 20.3 Å². The average Bonchev–Trinajstić information content (AvgIpc) is 1.86. The van der Waals surface area contributed by atoms with E-state index in [1.165, 1.54) is 0 Å². The Labute approximate surface area is 76.1 Å². The molecule has 0 aliphatic carbocycles. The predicted molar refractivity (Wildman–Crippen MR) is 51.4 cm³/mol. The summed E-state index contributed by atoms with van der Waals surface area (Å²) in [5.41, 5.74) is 0. The number of alkyl halides is 1. The largest absolute Gasteiger partial charge is 0.348 e. The number of nitrogens with zero attached hydrogens (tertiary/aromatic N) is 1. The zero-order valence-corrected chi connectivity index (χ0v) is 9.10. The predicted octanol–water partition coefficient (Wildman–Crippen LogP) is 1.68. The van der Waals surface area contributed by atoms with E-state index in [4.69, 9.17) is 0 Å². The molecule has 0 N–H and O–H groups in total. The molecule has 0 radical (unpaired) electrons. The maximum Gasteiger partial charge on any atom is 0.237 e. The van der Waals surface area contributed by atoms with Gasteiger partial charge in [-0.15, -0.1) is 0 Å². The van der Waals surface area contributed by atoms with Gasteiger partial charge in [-0.25, -0.2) is 0 Å². The highest BCUT2D eigenvalue weighted by Crippen LogP contribution is 2.23. The van der Waals surface area contributed by atoms with Crippen LogP contribution in [0.4, 0.5) is 0 Å². The topological polar surface area (TPSA) is 20.3 Å². The van der Waals surface area contributed by atoms with Gasteiger partial charge in [0.25, 0.3) is 0 Å². The van der Waals surface area contributed by atoms with E-state index in [9.17, 15) is 4.79 Å². The molecule has 0 bridgehead atoms. The second-order valence-corrected chi connectivity index (χ2v) is 5.13. The summed E-state index contributed by atoms with van der Waals surface area (Å²) >= 11 is 2.19. The normalized spacial score (nSPS) is 16.1. The Morgan fingerprint density at radius 1 is 1.60 bits per heavy atom. The molecular weight excluding hydrogens is 241 g/mol. The molecule has 3 heteroatoms.